The number of thiophene rings is 1. The Bertz CT molecular complexity index is 565. The Labute approximate surface area is 120 Å². The largest absolute Gasteiger partial charge is 0.365 e. The topological polar surface area (TPSA) is 101 Å². The summed E-state index contributed by atoms with van der Waals surface area (Å²) in [5, 5.41) is 5.58. The first-order valence-corrected chi connectivity index (χ1v) is 7.29. The van der Waals surface area contributed by atoms with E-state index in [2.05, 4.69) is 10.6 Å². The van der Waals surface area contributed by atoms with Crippen LogP contribution in [0.5, 0.6) is 0 Å². The molecule has 2 rings (SSSR count). The first-order chi connectivity index (χ1) is 9.49. The van der Waals surface area contributed by atoms with Crippen molar-refractivity contribution in [2.24, 2.45) is 5.73 Å². The van der Waals surface area contributed by atoms with E-state index in [1.54, 1.807) is 0 Å². The molecule has 1 aromatic heterocycles. The van der Waals surface area contributed by atoms with Crippen LogP contribution in [0.1, 0.15) is 40.6 Å². The molecule has 1 aliphatic rings. The number of fused-ring (bicyclic) bond motifs is 1. The number of carbonyl (C=O) groups excluding carboxylic acids is 3. The van der Waals surface area contributed by atoms with Crippen molar-refractivity contribution in [3.8, 4) is 0 Å². The molecule has 0 aromatic carbocycles. The van der Waals surface area contributed by atoms with E-state index in [1.165, 1.54) is 18.3 Å². The van der Waals surface area contributed by atoms with E-state index in [9.17, 15) is 14.4 Å². The van der Waals surface area contributed by atoms with E-state index in [0.29, 0.717) is 10.6 Å². The molecule has 0 fully saturated rings. The lowest BCUT2D eigenvalue weighted by atomic mass is 9.95. The molecule has 1 aromatic rings. The number of primary amides is 1. The molecule has 4 N–H and O–H groups in total. The average Bonchev–Trinajstić information content (AvgIpc) is 2.74. The molecule has 0 bridgehead atoms. The molecule has 6 nitrogen and oxygen atoms in total. The first-order valence-electron chi connectivity index (χ1n) is 6.47. The van der Waals surface area contributed by atoms with Crippen LogP contribution in [0.2, 0.25) is 0 Å². The zero-order valence-corrected chi connectivity index (χ0v) is 12.1. The molecular weight excluding hydrogens is 278 g/mol. The number of hydrogen-bond donors (Lipinski definition) is 3. The van der Waals surface area contributed by atoms with Gasteiger partial charge in [0.15, 0.2) is 0 Å². The van der Waals surface area contributed by atoms with Gasteiger partial charge >= 0.3 is 0 Å². The third kappa shape index (κ3) is 3.16. The maximum Gasteiger partial charge on any atom is 0.251 e. The molecule has 0 saturated heterocycles. The van der Waals surface area contributed by atoms with Gasteiger partial charge in [-0.1, -0.05) is 0 Å². The predicted molar refractivity (Wildman–Crippen MR) is 76.8 cm³/mol. The van der Waals surface area contributed by atoms with E-state index in [1.807, 2.05) is 0 Å². The van der Waals surface area contributed by atoms with Crippen molar-refractivity contribution in [2.75, 3.05) is 11.9 Å². The number of hydrogen-bond acceptors (Lipinski definition) is 4. The molecule has 0 atom stereocenters. The Morgan fingerprint density at radius 3 is 2.60 bits per heavy atom. The minimum Gasteiger partial charge on any atom is -0.365 e. The Hall–Kier alpha value is -1.89. The zero-order chi connectivity index (χ0) is 14.7. The molecule has 0 spiro atoms. The van der Waals surface area contributed by atoms with E-state index >= 15 is 0 Å². The van der Waals surface area contributed by atoms with Gasteiger partial charge in [-0.15, -0.1) is 11.3 Å². The summed E-state index contributed by atoms with van der Waals surface area (Å²) >= 11 is 1.41. The second-order valence-electron chi connectivity index (χ2n) is 4.74. The lowest BCUT2D eigenvalue weighted by Gasteiger charge is -2.11. The quantitative estimate of drug-likeness (QED) is 0.765. The summed E-state index contributed by atoms with van der Waals surface area (Å²) < 4.78 is 0. The van der Waals surface area contributed by atoms with E-state index in [-0.39, 0.29) is 18.4 Å². The van der Waals surface area contributed by atoms with E-state index < -0.39 is 5.91 Å². The van der Waals surface area contributed by atoms with Crippen LogP contribution >= 0.6 is 11.3 Å². The van der Waals surface area contributed by atoms with Crippen LogP contribution in [0.15, 0.2) is 0 Å². The maximum atomic E-state index is 11.7. The summed E-state index contributed by atoms with van der Waals surface area (Å²) in [5.41, 5.74) is 6.83. The van der Waals surface area contributed by atoms with Gasteiger partial charge in [0.1, 0.15) is 5.00 Å². The van der Waals surface area contributed by atoms with Gasteiger partial charge in [-0.3, -0.25) is 14.4 Å². The standard InChI is InChI=1S/C13H17N3O3S/c1-7(17)15-6-10(18)16-13-11(12(14)19)8-4-2-3-5-9(8)20-13/h2-6H2,1H3,(H2,14,19)(H,15,17)(H,16,18). The Morgan fingerprint density at radius 2 is 1.95 bits per heavy atom. The van der Waals surface area contributed by atoms with Gasteiger partial charge in [0, 0.05) is 11.8 Å². The number of rotatable bonds is 4. The Kier molecular flexibility index (Phi) is 4.39. The third-order valence-electron chi connectivity index (χ3n) is 3.17. The highest BCUT2D eigenvalue weighted by Gasteiger charge is 2.24. The highest BCUT2D eigenvalue weighted by atomic mass is 32.1. The fourth-order valence-corrected chi connectivity index (χ4v) is 3.60. The molecule has 1 aliphatic carbocycles. The normalized spacial score (nSPS) is 13.4. The Morgan fingerprint density at radius 1 is 1.25 bits per heavy atom. The van der Waals surface area contributed by atoms with Gasteiger partial charge in [-0.05, 0) is 31.2 Å². The van der Waals surface area contributed by atoms with Crippen molar-refractivity contribution < 1.29 is 14.4 Å². The number of amides is 3. The molecule has 0 unspecified atom stereocenters. The number of anilines is 1. The monoisotopic (exact) mass is 295 g/mol. The van der Waals surface area contributed by atoms with Crippen LogP contribution in [0.25, 0.3) is 0 Å². The van der Waals surface area contributed by atoms with Crippen LogP contribution in [0, 0.1) is 0 Å². The van der Waals surface area contributed by atoms with Gasteiger partial charge in [0.2, 0.25) is 11.8 Å². The van der Waals surface area contributed by atoms with Crippen molar-refractivity contribution in [2.45, 2.75) is 32.6 Å². The summed E-state index contributed by atoms with van der Waals surface area (Å²) in [6.07, 6.45) is 3.86. The second-order valence-corrected chi connectivity index (χ2v) is 5.84. The van der Waals surface area contributed by atoms with Crippen molar-refractivity contribution in [1.29, 1.82) is 0 Å². The highest BCUT2D eigenvalue weighted by molar-refractivity contribution is 7.17. The van der Waals surface area contributed by atoms with E-state index in [0.717, 1.165) is 36.1 Å². The summed E-state index contributed by atoms with van der Waals surface area (Å²) in [7, 11) is 0. The average molecular weight is 295 g/mol. The maximum absolute atomic E-state index is 11.7. The summed E-state index contributed by atoms with van der Waals surface area (Å²) in [5.74, 6) is -1.15. The molecule has 20 heavy (non-hydrogen) atoms. The zero-order valence-electron chi connectivity index (χ0n) is 11.2. The number of nitrogens with two attached hydrogens (primary N) is 1. The first kappa shape index (κ1) is 14.5. The van der Waals surface area contributed by atoms with Crippen LogP contribution < -0.4 is 16.4 Å². The fourth-order valence-electron chi connectivity index (χ4n) is 2.29. The minimum atomic E-state index is -0.515. The summed E-state index contributed by atoms with van der Waals surface area (Å²) in [6, 6.07) is 0. The third-order valence-corrected chi connectivity index (χ3v) is 4.38. The van der Waals surface area contributed by atoms with E-state index in [4.69, 9.17) is 5.73 Å². The second kappa shape index (κ2) is 6.04. The van der Waals surface area contributed by atoms with Gasteiger partial charge in [0.05, 0.1) is 12.1 Å². The molecule has 0 saturated carbocycles. The summed E-state index contributed by atoms with van der Waals surface area (Å²) in [4.78, 5) is 35.2. The van der Waals surface area contributed by atoms with Crippen LogP contribution in [0.4, 0.5) is 5.00 Å². The molecule has 0 aliphatic heterocycles. The molecule has 1 heterocycles. The van der Waals surface area contributed by atoms with Crippen molar-refractivity contribution in [1.82, 2.24) is 5.32 Å². The molecular formula is C13H17N3O3S. The van der Waals surface area contributed by atoms with Crippen LogP contribution in [0.3, 0.4) is 0 Å². The number of aryl methyl sites for hydroxylation is 1. The molecule has 0 radical (unpaired) electrons. The SMILES string of the molecule is CC(=O)NCC(=O)Nc1sc2c(c1C(N)=O)CCCC2. The van der Waals surface area contributed by atoms with Crippen molar-refractivity contribution in [3.63, 3.8) is 0 Å². The number of nitrogens with one attached hydrogen (secondary N) is 2. The smallest absolute Gasteiger partial charge is 0.251 e. The molecule has 7 heteroatoms. The fraction of sp³-hybridized carbons (Fsp3) is 0.462. The van der Waals surface area contributed by atoms with Crippen molar-refractivity contribution >= 4 is 34.1 Å². The van der Waals surface area contributed by atoms with Crippen LogP contribution in [-0.2, 0) is 22.4 Å². The molecule has 3 amide bonds. The van der Waals surface area contributed by atoms with Gasteiger partial charge in [0.25, 0.3) is 5.91 Å². The molecule has 108 valence electrons. The van der Waals surface area contributed by atoms with Gasteiger partial charge in [-0.2, -0.15) is 0 Å². The van der Waals surface area contributed by atoms with Crippen LogP contribution in [-0.4, -0.2) is 24.3 Å². The lowest BCUT2D eigenvalue weighted by Crippen LogP contribution is -2.31. The minimum absolute atomic E-state index is 0.115. The Balaban J connectivity index is 2.18. The van der Waals surface area contributed by atoms with Gasteiger partial charge < -0.3 is 16.4 Å². The predicted octanol–water partition coefficient (Wildman–Crippen LogP) is 0.800. The number of carbonyl (C=O) groups is 3. The summed E-state index contributed by atoms with van der Waals surface area (Å²) in [6.45, 7) is 1.22. The van der Waals surface area contributed by atoms with Crippen molar-refractivity contribution in [3.05, 3.63) is 16.0 Å². The highest BCUT2D eigenvalue weighted by Crippen LogP contribution is 2.37. The lowest BCUT2D eigenvalue weighted by molar-refractivity contribution is -0.122. The van der Waals surface area contributed by atoms with Gasteiger partial charge in [-0.25, -0.2) is 0 Å².